The van der Waals surface area contributed by atoms with Crippen molar-refractivity contribution in [1.82, 2.24) is 20.2 Å². The van der Waals surface area contributed by atoms with Gasteiger partial charge in [-0.3, -0.25) is 9.78 Å². The molecule has 1 fully saturated rings. The van der Waals surface area contributed by atoms with Crippen LogP contribution in [0.4, 0.5) is 5.82 Å². The number of carbonyl (C=O) groups is 1. The van der Waals surface area contributed by atoms with E-state index in [0.29, 0.717) is 13.1 Å². The molecule has 1 aliphatic rings. The number of rotatable bonds is 7. The van der Waals surface area contributed by atoms with Crippen LogP contribution in [0.15, 0.2) is 42.9 Å². The molecule has 0 unspecified atom stereocenters. The first-order valence-corrected chi connectivity index (χ1v) is 10.1. The second-order valence-corrected chi connectivity index (χ2v) is 7.67. The molecule has 0 saturated carbocycles. The van der Waals surface area contributed by atoms with Crippen LogP contribution >= 0.6 is 0 Å². The Labute approximate surface area is 168 Å². The summed E-state index contributed by atoms with van der Waals surface area (Å²) in [6.07, 6.45) is 8.08. The lowest BCUT2D eigenvalue weighted by Gasteiger charge is -2.33. The standard InChI is InChI=1S/C22H31N5O/c1-4-17-7-9-18(10-8-17)20(26(2)3)14-25-22(28)19-6-5-13-27(16-19)21-15-23-11-12-24-21/h7-12,15,19-20H,4-6,13-14,16H2,1-3H3,(H,25,28)/t19-,20-/m1/s1. The number of carbonyl (C=O) groups excluding carboxylic acids is 1. The first-order valence-electron chi connectivity index (χ1n) is 10.1. The lowest BCUT2D eigenvalue weighted by atomic mass is 9.96. The molecule has 0 bridgehead atoms. The lowest BCUT2D eigenvalue weighted by molar-refractivity contribution is -0.125. The van der Waals surface area contributed by atoms with Gasteiger partial charge in [0.2, 0.25) is 5.91 Å². The number of aromatic nitrogens is 2. The predicted molar refractivity (Wildman–Crippen MR) is 112 cm³/mol. The monoisotopic (exact) mass is 381 g/mol. The van der Waals surface area contributed by atoms with Crippen molar-refractivity contribution in [3.05, 3.63) is 54.0 Å². The number of piperidine rings is 1. The lowest BCUT2D eigenvalue weighted by Crippen LogP contribution is -2.45. The predicted octanol–water partition coefficient (Wildman–Crippen LogP) is 2.67. The summed E-state index contributed by atoms with van der Waals surface area (Å²) in [6, 6.07) is 8.86. The summed E-state index contributed by atoms with van der Waals surface area (Å²) in [5, 5.41) is 3.19. The molecule has 150 valence electrons. The first kappa shape index (κ1) is 20.3. The molecule has 28 heavy (non-hydrogen) atoms. The summed E-state index contributed by atoms with van der Waals surface area (Å²) < 4.78 is 0. The number of aryl methyl sites for hydroxylation is 1. The largest absolute Gasteiger partial charge is 0.355 e. The van der Waals surface area contributed by atoms with E-state index in [9.17, 15) is 4.79 Å². The highest BCUT2D eigenvalue weighted by molar-refractivity contribution is 5.79. The Morgan fingerprint density at radius 2 is 2.07 bits per heavy atom. The summed E-state index contributed by atoms with van der Waals surface area (Å²) in [5.41, 5.74) is 2.56. The zero-order valence-electron chi connectivity index (χ0n) is 17.1. The van der Waals surface area contributed by atoms with Crippen LogP contribution in [-0.2, 0) is 11.2 Å². The van der Waals surface area contributed by atoms with Crippen molar-refractivity contribution in [2.45, 2.75) is 32.2 Å². The molecule has 1 amide bonds. The normalized spacial score (nSPS) is 18.1. The third-order valence-electron chi connectivity index (χ3n) is 5.53. The van der Waals surface area contributed by atoms with Gasteiger partial charge in [-0.15, -0.1) is 0 Å². The van der Waals surface area contributed by atoms with Gasteiger partial charge in [0.15, 0.2) is 0 Å². The highest BCUT2D eigenvalue weighted by Crippen LogP contribution is 2.22. The summed E-state index contributed by atoms with van der Waals surface area (Å²) in [5.74, 6) is 0.967. The van der Waals surface area contributed by atoms with E-state index in [1.807, 2.05) is 0 Å². The smallest absolute Gasteiger partial charge is 0.224 e. The average molecular weight is 382 g/mol. The molecule has 3 rings (SSSR count). The van der Waals surface area contributed by atoms with Crippen molar-refractivity contribution in [2.75, 3.05) is 38.6 Å². The van der Waals surface area contributed by atoms with E-state index in [1.165, 1.54) is 11.1 Å². The van der Waals surface area contributed by atoms with Crippen LogP contribution in [0.1, 0.15) is 36.9 Å². The topological polar surface area (TPSA) is 61.4 Å². The Kier molecular flexibility index (Phi) is 6.98. The zero-order chi connectivity index (χ0) is 19.9. The number of anilines is 1. The van der Waals surface area contributed by atoms with Gasteiger partial charge in [0.25, 0.3) is 0 Å². The van der Waals surface area contributed by atoms with E-state index >= 15 is 0 Å². The van der Waals surface area contributed by atoms with Crippen LogP contribution < -0.4 is 10.2 Å². The van der Waals surface area contributed by atoms with Crippen molar-refractivity contribution >= 4 is 11.7 Å². The Hall–Kier alpha value is -2.47. The fourth-order valence-electron chi connectivity index (χ4n) is 3.77. The second-order valence-electron chi connectivity index (χ2n) is 7.67. The highest BCUT2D eigenvalue weighted by atomic mass is 16.1. The maximum atomic E-state index is 12.8. The number of nitrogens with zero attached hydrogens (tertiary/aromatic N) is 4. The Bertz CT molecular complexity index is 747. The Morgan fingerprint density at radius 1 is 1.29 bits per heavy atom. The molecular formula is C22H31N5O. The van der Waals surface area contributed by atoms with Crippen molar-refractivity contribution in [3.8, 4) is 0 Å². The summed E-state index contributed by atoms with van der Waals surface area (Å²) in [7, 11) is 4.11. The minimum absolute atomic E-state index is 0.0129. The van der Waals surface area contributed by atoms with E-state index < -0.39 is 0 Å². The second kappa shape index (κ2) is 9.64. The maximum Gasteiger partial charge on any atom is 0.224 e. The van der Waals surface area contributed by atoms with Gasteiger partial charge in [-0.05, 0) is 44.5 Å². The fourth-order valence-corrected chi connectivity index (χ4v) is 3.77. The van der Waals surface area contributed by atoms with Crippen LogP contribution in [0, 0.1) is 5.92 Å². The van der Waals surface area contributed by atoms with Crippen molar-refractivity contribution in [1.29, 1.82) is 0 Å². The SMILES string of the molecule is CCc1ccc([C@@H](CNC(=O)[C@@H]2CCCN(c3cnccn3)C2)N(C)C)cc1. The van der Waals surface area contributed by atoms with Crippen molar-refractivity contribution in [2.24, 2.45) is 5.92 Å². The van der Waals surface area contributed by atoms with E-state index in [4.69, 9.17) is 0 Å². The first-order chi connectivity index (χ1) is 13.6. The van der Waals surface area contributed by atoms with Crippen molar-refractivity contribution < 1.29 is 4.79 Å². The van der Waals surface area contributed by atoms with E-state index in [0.717, 1.165) is 31.6 Å². The van der Waals surface area contributed by atoms with Gasteiger partial charge in [-0.25, -0.2) is 4.98 Å². The van der Waals surface area contributed by atoms with Crippen LogP contribution in [0.25, 0.3) is 0 Å². The molecule has 0 radical (unpaired) electrons. The number of amides is 1. The van der Waals surface area contributed by atoms with Gasteiger partial charge >= 0.3 is 0 Å². The Morgan fingerprint density at radius 3 is 2.71 bits per heavy atom. The van der Waals surface area contributed by atoms with Crippen LogP contribution in [0.3, 0.4) is 0 Å². The quantitative estimate of drug-likeness (QED) is 0.799. The van der Waals surface area contributed by atoms with Gasteiger partial charge < -0.3 is 15.1 Å². The number of nitrogens with one attached hydrogen (secondary N) is 1. The van der Waals surface area contributed by atoms with Gasteiger partial charge in [0.05, 0.1) is 18.2 Å². The van der Waals surface area contributed by atoms with Gasteiger partial charge in [0.1, 0.15) is 5.82 Å². The fraction of sp³-hybridized carbons (Fsp3) is 0.500. The van der Waals surface area contributed by atoms with Crippen LogP contribution in [0.5, 0.6) is 0 Å². The third-order valence-corrected chi connectivity index (χ3v) is 5.53. The molecule has 6 nitrogen and oxygen atoms in total. The molecule has 1 aromatic carbocycles. The number of hydrogen-bond acceptors (Lipinski definition) is 5. The molecule has 1 N–H and O–H groups in total. The molecule has 1 aromatic heterocycles. The molecule has 1 aliphatic heterocycles. The molecule has 0 spiro atoms. The molecule has 2 atom stereocenters. The number of benzene rings is 1. The minimum atomic E-state index is -0.0129. The highest BCUT2D eigenvalue weighted by Gasteiger charge is 2.27. The zero-order valence-corrected chi connectivity index (χ0v) is 17.1. The molecule has 6 heteroatoms. The van der Waals surface area contributed by atoms with Gasteiger partial charge in [-0.2, -0.15) is 0 Å². The average Bonchev–Trinajstić information content (AvgIpc) is 2.74. The van der Waals surface area contributed by atoms with Crippen LogP contribution in [-0.4, -0.2) is 54.5 Å². The number of likely N-dealkylation sites (N-methyl/N-ethyl adjacent to an activating group) is 1. The minimum Gasteiger partial charge on any atom is -0.355 e. The third kappa shape index (κ3) is 5.07. The van der Waals surface area contributed by atoms with Gasteiger partial charge in [0, 0.05) is 32.0 Å². The summed E-state index contributed by atoms with van der Waals surface area (Å²) in [4.78, 5) is 25.7. The number of hydrogen-bond donors (Lipinski definition) is 1. The van der Waals surface area contributed by atoms with Crippen LogP contribution in [0.2, 0.25) is 0 Å². The summed E-state index contributed by atoms with van der Waals surface area (Å²) in [6.45, 7) is 4.39. The molecular weight excluding hydrogens is 350 g/mol. The van der Waals surface area contributed by atoms with E-state index in [1.54, 1.807) is 18.6 Å². The summed E-state index contributed by atoms with van der Waals surface area (Å²) >= 11 is 0. The van der Waals surface area contributed by atoms with E-state index in [-0.39, 0.29) is 17.9 Å². The van der Waals surface area contributed by atoms with E-state index in [2.05, 4.69) is 70.4 Å². The Balaban J connectivity index is 1.59. The molecule has 2 aromatic rings. The molecule has 2 heterocycles. The van der Waals surface area contributed by atoms with Crippen molar-refractivity contribution in [3.63, 3.8) is 0 Å². The molecule has 0 aliphatic carbocycles. The molecule has 1 saturated heterocycles. The maximum absolute atomic E-state index is 12.8. The van der Waals surface area contributed by atoms with Gasteiger partial charge in [-0.1, -0.05) is 31.2 Å².